The summed E-state index contributed by atoms with van der Waals surface area (Å²) in [6.07, 6.45) is 7.33. The zero-order valence-electron chi connectivity index (χ0n) is 12.8. The van der Waals surface area contributed by atoms with Crippen LogP contribution in [0.2, 0.25) is 0 Å². The Bertz CT molecular complexity index is 467. The van der Waals surface area contributed by atoms with Crippen LogP contribution < -0.4 is 5.32 Å². The highest BCUT2D eigenvalue weighted by Gasteiger charge is 2.39. The average molecular weight is 287 g/mol. The molecule has 3 heteroatoms. The van der Waals surface area contributed by atoms with E-state index in [9.17, 15) is 4.79 Å². The molecule has 0 spiro atoms. The van der Waals surface area contributed by atoms with Gasteiger partial charge in [0, 0.05) is 12.5 Å². The fourth-order valence-corrected chi connectivity index (χ4v) is 3.68. The molecule has 2 aliphatic rings. The van der Waals surface area contributed by atoms with Crippen LogP contribution in [-0.4, -0.2) is 18.1 Å². The molecule has 3 nitrogen and oxygen atoms in total. The van der Waals surface area contributed by atoms with Crippen LogP contribution in [0, 0.1) is 5.92 Å². The molecule has 1 aromatic rings. The number of benzene rings is 1. The van der Waals surface area contributed by atoms with Crippen LogP contribution in [0.4, 0.5) is 0 Å². The van der Waals surface area contributed by atoms with E-state index in [1.54, 1.807) is 0 Å². The van der Waals surface area contributed by atoms with Gasteiger partial charge in [-0.15, -0.1) is 0 Å². The molecule has 0 unspecified atom stereocenters. The van der Waals surface area contributed by atoms with E-state index < -0.39 is 0 Å². The van der Waals surface area contributed by atoms with Gasteiger partial charge in [0.2, 0.25) is 0 Å². The van der Waals surface area contributed by atoms with Crippen LogP contribution in [0.5, 0.6) is 0 Å². The molecule has 2 fully saturated rings. The average Bonchev–Trinajstić information content (AvgIpc) is 2.90. The number of carbonyl (C=O) groups excluding carboxylic acids is 1. The van der Waals surface area contributed by atoms with Crippen LogP contribution in [0.25, 0.3) is 0 Å². The molecule has 114 valence electrons. The third-order valence-electron chi connectivity index (χ3n) is 4.95. The number of hydrogen-bond donors (Lipinski definition) is 1. The Morgan fingerprint density at radius 1 is 1.14 bits per heavy atom. The van der Waals surface area contributed by atoms with Gasteiger partial charge in [0.05, 0.1) is 0 Å². The Morgan fingerprint density at radius 3 is 2.57 bits per heavy atom. The summed E-state index contributed by atoms with van der Waals surface area (Å²) in [7, 11) is 0. The Labute approximate surface area is 127 Å². The molecule has 1 heterocycles. The fraction of sp³-hybridized carbons (Fsp3) is 0.611. The lowest BCUT2D eigenvalue weighted by molar-refractivity contribution is -0.145. The van der Waals surface area contributed by atoms with Gasteiger partial charge in [-0.1, -0.05) is 49.6 Å². The minimum absolute atomic E-state index is 0.0617. The van der Waals surface area contributed by atoms with E-state index in [1.807, 2.05) is 18.2 Å². The number of ether oxygens (including phenoxy) is 1. The molecule has 0 radical (unpaired) electrons. The number of cyclic esters (lactones) is 1. The van der Waals surface area contributed by atoms with E-state index in [4.69, 9.17) is 4.74 Å². The van der Waals surface area contributed by atoms with Crippen LogP contribution >= 0.6 is 0 Å². The van der Waals surface area contributed by atoms with E-state index in [2.05, 4.69) is 24.4 Å². The molecule has 3 atom stereocenters. The van der Waals surface area contributed by atoms with Crippen molar-refractivity contribution >= 4 is 5.97 Å². The number of nitrogens with one attached hydrogen (secondary N) is 1. The van der Waals surface area contributed by atoms with Gasteiger partial charge in [-0.3, -0.25) is 10.1 Å². The maximum absolute atomic E-state index is 12.1. The Morgan fingerprint density at radius 2 is 1.86 bits per heavy atom. The van der Waals surface area contributed by atoms with Gasteiger partial charge in [-0.2, -0.15) is 0 Å². The molecule has 0 aromatic heterocycles. The first-order valence-corrected chi connectivity index (χ1v) is 8.25. The summed E-state index contributed by atoms with van der Waals surface area (Å²) in [6.45, 7) is 2.11. The summed E-state index contributed by atoms with van der Waals surface area (Å²) in [4.78, 5) is 12.1. The highest BCUT2D eigenvalue weighted by molar-refractivity contribution is 5.78. The normalized spacial score (nSPS) is 28.3. The summed E-state index contributed by atoms with van der Waals surface area (Å²) >= 11 is 0. The zero-order valence-corrected chi connectivity index (χ0v) is 12.8. The van der Waals surface area contributed by atoms with Crippen LogP contribution in [0.15, 0.2) is 30.3 Å². The Kier molecular flexibility index (Phi) is 4.59. The topological polar surface area (TPSA) is 38.3 Å². The van der Waals surface area contributed by atoms with E-state index in [1.165, 1.54) is 37.7 Å². The first-order chi connectivity index (χ1) is 10.2. The standard InChI is InChI=1S/C18H25NO2/c1-13(14-8-4-2-5-9-14)19-16-12-17(21-18(16)20)15-10-6-3-7-11-15/h2,4-5,8-9,13,15-17,19H,3,6-7,10-12H2,1H3/t13-,16-,17+/m1/s1. The van der Waals surface area contributed by atoms with Gasteiger partial charge in [0.1, 0.15) is 12.1 Å². The van der Waals surface area contributed by atoms with Crippen molar-refractivity contribution in [2.24, 2.45) is 5.92 Å². The van der Waals surface area contributed by atoms with Gasteiger partial charge in [0.25, 0.3) is 0 Å². The lowest BCUT2D eigenvalue weighted by Gasteiger charge is -2.26. The molecular weight excluding hydrogens is 262 g/mol. The maximum Gasteiger partial charge on any atom is 0.323 e. The molecule has 21 heavy (non-hydrogen) atoms. The number of esters is 1. The molecule has 1 N–H and O–H groups in total. The largest absolute Gasteiger partial charge is 0.461 e. The predicted molar refractivity (Wildman–Crippen MR) is 82.9 cm³/mol. The predicted octanol–water partition coefficient (Wildman–Crippen LogP) is 3.60. The first-order valence-electron chi connectivity index (χ1n) is 8.25. The second-order valence-corrected chi connectivity index (χ2v) is 6.46. The minimum Gasteiger partial charge on any atom is -0.461 e. The van der Waals surface area contributed by atoms with Crippen molar-refractivity contribution in [1.82, 2.24) is 5.32 Å². The molecule has 3 rings (SSSR count). The molecule has 0 bridgehead atoms. The van der Waals surface area contributed by atoms with Gasteiger partial charge in [0.15, 0.2) is 0 Å². The third-order valence-corrected chi connectivity index (χ3v) is 4.95. The summed E-state index contributed by atoms with van der Waals surface area (Å²) < 4.78 is 5.65. The summed E-state index contributed by atoms with van der Waals surface area (Å²) in [5.74, 6) is 0.523. The Hall–Kier alpha value is -1.35. The minimum atomic E-state index is -0.146. The molecule has 1 aliphatic carbocycles. The molecular formula is C18H25NO2. The molecule has 1 aliphatic heterocycles. The summed E-state index contributed by atoms with van der Waals surface area (Å²) in [5, 5.41) is 3.44. The van der Waals surface area contributed by atoms with E-state index >= 15 is 0 Å². The smallest absolute Gasteiger partial charge is 0.323 e. The summed E-state index contributed by atoms with van der Waals surface area (Å²) in [5.41, 5.74) is 1.21. The van der Waals surface area contributed by atoms with Crippen molar-refractivity contribution in [3.63, 3.8) is 0 Å². The molecule has 1 saturated heterocycles. The quantitative estimate of drug-likeness (QED) is 0.860. The third kappa shape index (κ3) is 3.46. The number of hydrogen-bond acceptors (Lipinski definition) is 3. The van der Waals surface area contributed by atoms with Crippen LogP contribution in [0.1, 0.15) is 57.1 Å². The highest BCUT2D eigenvalue weighted by atomic mass is 16.6. The van der Waals surface area contributed by atoms with Gasteiger partial charge in [-0.05, 0) is 31.2 Å². The van der Waals surface area contributed by atoms with Crippen LogP contribution in [0.3, 0.4) is 0 Å². The maximum atomic E-state index is 12.1. The highest BCUT2D eigenvalue weighted by Crippen LogP contribution is 2.33. The molecule has 0 amide bonds. The zero-order chi connectivity index (χ0) is 14.7. The summed E-state index contributed by atoms with van der Waals surface area (Å²) in [6, 6.07) is 10.3. The monoisotopic (exact) mass is 287 g/mol. The lowest BCUT2D eigenvalue weighted by Crippen LogP contribution is -2.35. The fourth-order valence-electron chi connectivity index (χ4n) is 3.68. The molecule has 1 aromatic carbocycles. The van der Waals surface area contributed by atoms with Crippen molar-refractivity contribution in [3.05, 3.63) is 35.9 Å². The van der Waals surface area contributed by atoms with E-state index in [0.29, 0.717) is 5.92 Å². The SMILES string of the molecule is C[C@@H](N[C@@H]1C[C@@H](C2CCCCC2)OC1=O)c1ccccc1. The van der Waals surface area contributed by atoms with Crippen molar-refractivity contribution in [2.75, 3.05) is 0 Å². The lowest BCUT2D eigenvalue weighted by atomic mass is 9.84. The van der Waals surface area contributed by atoms with Crippen LogP contribution in [-0.2, 0) is 9.53 Å². The van der Waals surface area contributed by atoms with E-state index in [0.717, 1.165) is 6.42 Å². The first kappa shape index (κ1) is 14.6. The van der Waals surface area contributed by atoms with Gasteiger partial charge < -0.3 is 4.74 Å². The van der Waals surface area contributed by atoms with Gasteiger partial charge >= 0.3 is 5.97 Å². The molecule has 1 saturated carbocycles. The number of carbonyl (C=O) groups is 1. The van der Waals surface area contributed by atoms with Gasteiger partial charge in [-0.25, -0.2) is 0 Å². The number of rotatable bonds is 4. The van der Waals surface area contributed by atoms with Crippen molar-refractivity contribution in [2.45, 2.75) is 63.6 Å². The second kappa shape index (κ2) is 6.61. The second-order valence-electron chi connectivity index (χ2n) is 6.46. The van der Waals surface area contributed by atoms with Crippen molar-refractivity contribution in [3.8, 4) is 0 Å². The van der Waals surface area contributed by atoms with Crippen molar-refractivity contribution in [1.29, 1.82) is 0 Å². The van der Waals surface area contributed by atoms with E-state index in [-0.39, 0.29) is 24.2 Å². The Balaban J connectivity index is 1.57. The van der Waals surface area contributed by atoms with Crippen molar-refractivity contribution < 1.29 is 9.53 Å².